The van der Waals surface area contributed by atoms with Gasteiger partial charge in [-0.2, -0.15) is 0 Å². The van der Waals surface area contributed by atoms with E-state index in [1.807, 2.05) is 0 Å². The van der Waals surface area contributed by atoms with Crippen LogP contribution in [0.25, 0.3) is 0 Å². The number of alkyl halides is 2. The second-order valence-corrected chi connectivity index (χ2v) is 4.23. The molecule has 1 aliphatic carbocycles. The molecule has 1 N–H and O–H groups in total. The van der Waals surface area contributed by atoms with Crippen molar-refractivity contribution < 1.29 is 28.3 Å². The van der Waals surface area contributed by atoms with Gasteiger partial charge in [0, 0.05) is 18.1 Å². The van der Waals surface area contributed by atoms with Gasteiger partial charge in [-0.1, -0.05) is 0 Å². The minimum absolute atomic E-state index is 0.228. The van der Waals surface area contributed by atoms with E-state index < -0.39 is 28.7 Å². The Morgan fingerprint density at radius 1 is 1.53 bits per heavy atom. The van der Waals surface area contributed by atoms with Gasteiger partial charge in [-0.15, -0.1) is 0 Å². The molecule has 1 aromatic carbocycles. The van der Waals surface area contributed by atoms with Crippen LogP contribution >= 0.6 is 0 Å². The van der Waals surface area contributed by atoms with Gasteiger partial charge in [0.05, 0.1) is 18.1 Å². The van der Waals surface area contributed by atoms with E-state index in [1.165, 1.54) is 0 Å². The lowest BCUT2D eigenvalue weighted by atomic mass is 9.94. The minimum Gasteiger partial charge on any atom is -0.496 e. The molecule has 0 spiro atoms. The van der Waals surface area contributed by atoms with Crippen LogP contribution in [0.3, 0.4) is 0 Å². The van der Waals surface area contributed by atoms with E-state index in [4.69, 9.17) is 9.84 Å². The molecule has 1 unspecified atom stereocenters. The van der Waals surface area contributed by atoms with Crippen LogP contribution in [-0.4, -0.2) is 29.0 Å². The molecule has 8 heteroatoms. The monoisotopic (exact) mass is 273 g/mol. The maximum absolute atomic E-state index is 13.4. The van der Waals surface area contributed by atoms with E-state index in [-0.39, 0.29) is 17.0 Å². The first-order chi connectivity index (χ1) is 8.76. The number of hydrogen-bond donors (Lipinski definition) is 1. The van der Waals surface area contributed by atoms with Crippen LogP contribution in [0.1, 0.15) is 12.0 Å². The van der Waals surface area contributed by atoms with Crippen LogP contribution < -0.4 is 4.74 Å². The van der Waals surface area contributed by atoms with Gasteiger partial charge in [-0.3, -0.25) is 14.9 Å². The third kappa shape index (κ3) is 1.71. The van der Waals surface area contributed by atoms with E-state index in [1.54, 1.807) is 0 Å². The van der Waals surface area contributed by atoms with Gasteiger partial charge in [0.2, 0.25) is 0 Å². The van der Waals surface area contributed by atoms with Gasteiger partial charge in [0.25, 0.3) is 11.6 Å². The molecule has 102 valence electrons. The molecule has 0 aliphatic heterocycles. The SMILES string of the molecule is COc1cc([N+](=O)[O-])ccc1C1(C(=O)O)CC1(F)F. The first kappa shape index (κ1) is 13.2. The zero-order chi connectivity index (χ0) is 14.4. The first-order valence-corrected chi connectivity index (χ1v) is 5.20. The van der Waals surface area contributed by atoms with Crippen molar-refractivity contribution in [3.8, 4) is 5.75 Å². The van der Waals surface area contributed by atoms with Gasteiger partial charge in [0.1, 0.15) is 5.75 Å². The highest BCUT2D eigenvalue weighted by Gasteiger charge is 2.78. The summed E-state index contributed by atoms with van der Waals surface area (Å²) in [6.07, 6.45) is -0.844. The van der Waals surface area contributed by atoms with Crippen LogP contribution in [-0.2, 0) is 10.2 Å². The Morgan fingerprint density at radius 3 is 2.47 bits per heavy atom. The first-order valence-electron chi connectivity index (χ1n) is 5.20. The zero-order valence-electron chi connectivity index (χ0n) is 9.72. The summed E-state index contributed by atoms with van der Waals surface area (Å²) >= 11 is 0. The van der Waals surface area contributed by atoms with Crippen molar-refractivity contribution in [2.24, 2.45) is 0 Å². The average molecular weight is 273 g/mol. The fourth-order valence-corrected chi connectivity index (χ4v) is 2.07. The molecular weight excluding hydrogens is 264 g/mol. The number of carbonyl (C=O) groups is 1. The van der Waals surface area contributed by atoms with E-state index in [0.29, 0.717) is 0 Å². The van der Waals surface area contributed by atoms with E-state index in [2.05, 4.69) is 0 Å². The summed E-state index contributed by atoms with van der Waals surface area (Å²) in [4.78, 5) is 21.0. The summed E-state index contributed by atoms with van der Waals surface area (Å²) in [5.41, 5.74) is -2.96. The summed E-state index contributed by atoms with van der Waals surface area (Å²) < 4.78 is 31.6. The van der Waals surface area contributed by atoms with Crippen molar-refractivity contribution in [3.63, 3.8) is 0 Å². The number of nitro benzene ring substituents is 1. The van der Waals surface area contributed by atoms with Crippen molar-refractivity contribution in [2.75, 3.05) is 7.11 Å². The molecule has 1 aromatic rings. The van der Waals surface area contributed by atoms with Crippen LogP contribution in [0.15, 0.2) is 18.2 Å². The van der Waals surface area contributed by atoms with E-state index in [0.717, 1.165) is 25.3 Å². The lowest BCUT2D eigenvalue weighted by Crippen LogP contribution is -2.27. The highest BCUT2D eigenvalue weighted by atomic mass is 19.3. The van der Waals surface area contributed by atoms with Crippen molar-refractivity contribution in [2.45, 2.75) is 17.8 Å². The Hall–Kier alpha value is -2.25. The van der Waals surface area contributed by atoms with Crippen LogP contribution in [0, 0.1) is 10.1 Å². The normalized spacial score (nSPS) is 23.7. The van der Waals surface area contributed by atoms with Crippen molar-refractivity contribution in [3.05, 3.63) is 33.9 Å². The fourth-order valence-electron chi connectivity index (χ4n) is 2.07. The molecule has 1 atom stereocenters. The fraction of sp³-hybridized carbons (Fsp3) is 0.364. The number of benzene rings is 1. The van der Waals surface area contributed by atoms with E-state index in [9.17, 15) is 23.7 Å². The number of aliphatic carboxylic acids is 1. The van der Waals surface area contributed by atoms with Gasteiger partial charge in [-0.05, 0) is 6.07 Å². The average Bonchev–Trinajstić information content (AvgIpc) is 2.93. The predicted octanol–water partition coefficient (Wildman–Crippen LogP) is 1.96. The quantitative estimate of drug-likeness (QED) is 0.669. The topological polar surface area (TPSA) is 89.7 Å². The standard InChI is InChI=1S/C11H9F2NO5/c1-19-8-4-6(14(17)18)2-3-7(8)10(9(15)16)5-11(10,12)13/h2-4H,5H2,1H3,(H,15,16). The van der Waals surface area contributed by atoms with Crippen LogP contribution in [0.5, 0.6) is 5.75 Å². The van der Waals surface area contributed by atoms with Gasteiger partial charge in [-0.25, -0.2) is 8.78 Å². The number of hydrogen-bond acceptors (Lipinski definition) is 4. The molecule has 1 fully saturated rings. The summed E-state index contributed by atoms with van der Waals surface area (Å²) in [5, 5.41) is 19.6. The Kier molecular flexibility index (Phi) is 2.69. The summed E-state index contributed by atoms with van der Waals surface area (Å²) in [6, 6.07) is 2.93. The lowest BCUT2D eigenvalue weighted by molar-refractivity contribution is -0.385. The summed E-state index contributed by atoms with van der Waals surface area (Å²) in [5.74, 6) is -5.29. The Bertz CT molecular complexity index is 574. The molecule has 0 heterocycles. The van der Waals surface area contributed by atoms with E-state index >= 15 is 0 Å². The molecule has 19 heavy (non-hydrogen) atoms. The smallest absolute Gasteiger partial charge is 0.320 e. The number of carboxylic acids is 1. The molecule has 1 aliphatic rings. The molecule has 1 saturated carbocycles. The Balaban J connectivity index is 2.57. The van der Waals surface area contributed by atoms with Gasteiger partial charge < -0.3 is 9.84 Å². The molecule has 6 nitrogen and oxygen atoms in total. The highest BCUT2D eigenvalue weighted by Crippen LogP contribution is 2.63. The van der Waals surface area contributed by atoms with Crippen molar-refractivity contribution in [1.29, 1.82) is 0 Å². The maximum atomic E-state index is 13.4. The lowest BCUT2D eigenvalue weighted by Gasteiger charge is -2.15. The maximum Gasteiger partial charge on any atom is 0.320 e. The summed E-state index contributed by atoms with van der Waals surface area (Å²) in [7, 11) is 1.14. The minimum atomic E-state index is -3.39. The van der Waals surface area contributed by atoms with Crippen LogP contribution in [0.2, 0.25) is 0 Å². The zero-order valence-corrected chi connectivity index (χ0v) is 9.72. The molecule has 0 radical (unpaired) electrons. The molecule has 0 bridgehead atoms. The summed E-state index contributed by atoms with van der Waals surface area (Å²) in [6.45, 7) is 0. The van der Waals surface area contributed by atoms with Crippen molar-refractivity contribution in [1.82, 2.24) is 0 Å². The molecule has 0 amide bonds. The highest BCUT2D eigenvalue weighted by molar-refractivity contribution is 5.89. The number of nitrogens with zero attached hydrogens (tertiary/aromatic N) is 1. The second-order valence-electron chi connectivity index (χ2n) is 4.23. The molecular formula is C11H9F2NO5. The van der Waals surface area contributed by atoms with Gasteiger partial charge in [0.15, 0.2) is 5.41 Å². The predicted molar refractivity (Wildman–Crippen MR) is 58.5 cm³/mol. The number of nitro groups is 1. The Morgan fingerprint density at radius 2 is 2.11 bits per heavy atom. The van der Waals surface area contributed by atoms with Crippen molar-refractivity contribution >= 4 is 11.7 Å². The number of halogens is 2. The number of rotatable bonds is 4. The molecule has 2 rings (SSSR count). The number of non-ortho nitro benzene ring substituents is 1. The third-order valence-electron chi connectivity index (χ3n) is 3.21. The Labute approximate surface area is 105 Å². The van der Waals surface area contributed by atoms with Gasteiger partial charge >= 0.3 is 5.97 Å². The second kappa shape index (κ2) is 3.87. The number of methoxy groups -OCH3 is 1. The largest absolute Gasteiger partial charge is 0.496 e. The molecule has 0 saturated heterocycles. The molecule has 0 aromatic heterocycles. The third-order valence-corrected chi connectivity index (χ3v) is 3.21. The number of carboxylic acid groups (broad SMARTS) is 1. The number of ether oxygens (including phenoxy) is 1. The van der Waals surface area contributed by atoms with Crippen LogP contribution in [0.4, 0.5) is 14.5 Å².